The second-order valence-corrected chi connectivity index (χ2v) is 7.74. The van der Waals surface area contributed by atoms with E-state index in [1.165, 1.54) is 17.8 Å². The number of aromatic amines is 1. The van der Waals surface area contributed by atoms with Crippen LogP contribution in [0.3, 0.4) is 0 Å². The molecule has 8 nitrogen and oxygen atoms in total. The molecule has 0 saturated carbocycles. The van der Waals surface area contributed by atoms with Crippen molar-refractivity contribution in [3.8, 4) is 22.9 Å². The summed E-state index contributed by atoms with van der Waals surface area (Å²) in [7, 11) is 1.47. The van der Waals surface area contributed by atoms with Crippen molar-refractivity contribution in [3.05, 3.63) is 98.8 Å². The van der Waals surface area contributed by atoms with E-state index < -0.39 is 5.69 Å². The van der Waals surface area contributed by atoms with Crippen molar-refractivity contribution in [1.29, 1.82) is 0 Å². The Bertz CT molecular complexity index is 1400. The number of hydrogen-bond donors (Lipinski definition) is 3. The lowest BCUT2D eigenvalue weighted by Crippen LogP contribution is -2.14. The smallest absolute Gasteiger partial charge is 0.330 e. The predicted octanol–water partition coefficient (Wildman–Crippen LogP) is 3.97. The second kappa shape index (κ2) is 9.96. The van der Waals surface area contributed by atoms with Crippen LogP contribution in [0.1, 0.15) is 27.0 Å². The first-order valence-corrected chi connectivity index (χ1v) is 10.6. The number of aromatic nitrogens is 2. The summed E-state index contributed by atoms with van der Waals surface area (Å²) in [6.07, 6.45) is 4.56. The van der Waals surface area contributed by atoms with Gasteiger partial charge < -0.3 is 24.4 Å². The van der Waals surface area contributed by atoms with Crippen molar-refractivity contribution < 1.29 is 24.2 Å². The first-order valence-electron chi connectivity index (χ1n) is 10.2. The van der Waals surface area contributed by atoms with E-state index in [9.17, 15) is 19.8 Å². The number of ketones is 1. The number of nitrogens with one attached hydrogen (secondary N) is 1. The standard InChI is InChI=1S/C25H21ClN2O6/c1-33-23-10-15(9-17(13-29)19(23)14-30)5-6-21(31)16-3-2-4-18(11-16)28-12-20(27-25(28)32)22-7-8-24(26)34-22/h2-12,29-30H,13-14H2,1H3,(H,27,32). The van der Waals surface area contributed by atoms with Crippen LogP contribution in [0.5, 0.6) is 5.75 Å². The van der Waals surface area contributed by atoms with Gasteiger partial charge in [-0.3, -0.25) is 9.36 Å². The maximum absolute atomic E-state index is 12.8. The number of carbonyl (C=O) groups excluding carboxylic acids is 1. The number of benzene rings is 2. The number of aliphatic hydroxyl groups is 2. The summed E-state index contributed by atoms with van der Waals surface area (Å²) in [5.41, 5.74) is 2.58. The first kappa shape index (κ1) is 23.3. The van der Waals surface area contributed by atoms with E-state index >= 15 is 0 Å². The summed E-state index contributed by atoms with van der Waals surface area (Å²) in [6.45, 7) is -0.552. The number of halogens is 1. The van der Waals surface area contributed by atoms with E-state index in [1.807, 2.05) is 0 Å². The van der Waals surface area contributed by atoms with Crippen LogP contribution in [-0.2, 0) is 13.2 Å². The minimum atomic E-state index is -0.393. The zero-order valence-electron chi connectivity index (χ0n) is 18.1. The zero-order valence-corrected chi connectivity index (χ0v) is 18.9. The summed E-state index contributed by atoms with van der Waals surface area (Å²) in [5, 5.41) is 19.3. The SMILES string of the molecule is COc1cc(C=CC(=O)c2cccc(-n3cc(-c4ccc(Cl)o4)[nH]c3=O)c2)cc(CO)c1CO. The molecule has 2 aromatic carbocycles. The fourth-order valence-electron chi connectivity index (χ4n) is 3.57. The summed E-state index contributed by atoms with van der Waals surface area (Å²) in [6, 6.07) is 13.2. The quantitative estimate of drug-likeness (QED) is 0.259. The monoisotopic (exact) mass is 480 g/mol. The molecule has 0 aliphatic rings. The average molecular weight is 481 g/mol. The molecule has 174 valence electrons. The Hall–Kier alpha value is -3.85. The molecule has 4 aromatic rings. The largest absolute Gasteiger partial charge is 0.496 e. The Morgan fingerprint density at radius 1 is 1.18 bits per heavy atom. The highest BCUT2D eigenvalue weighted by atomic mass is 35.5. The molecule has 0 aliphatic heterocycles. The van der Waals surface area contributed by atoms with Crippen LogP contribution in [0.2, 0.25) is 5.22 Å². The van der Waals surface area contributed by atoms with E-state index in [1.54, 1.807) is 60.8 Å². The average Bonchev–Trinajstić information content (AvgIpc) is 3.47. The minimum Gasteiger partial charge on any atom is -0.496 e. The number of H-pyrrole nitrogens is 1. The van der Waals surface area contributed by atoms with Gasteiger partial charge in [0, 0.05) is 17.3 Å². The maximum atomic E-state index is 12.8. The van der Waals surface area contributed by atoms with Crippen molar-refractivity contribution in [1.82, 2.24) is 9.55 Å². The lowest BCUT2D eigenvalue weighted by Gasteiger charge is -2.12. The number of imidazole rings is 1. The molecule has 9 heteroatoms. The number of carbonyl (C=O) groups is 1. The minimum absolute atomic E-state index is 0.206. The Labute approximate surface area is 199 Å². The van der Waals surface area contributed by atoms with E-state index in [0.29, 0.717) is 45.1 Å². The third-order valence-electron chi connectivity index (χ3n) is 5.27. The fourth-order valence-corrected chi connectivity index (χ4v) is 3.72. The van der Waals surface area contributed by atoms with Gasteiger partial charge in [0.15, 0.2) is 16.8 Å². The van der Waals surface area contributed by atoms with Crippen LogP contribution < -0.4 is 10.4 Å². The summed E-state index contributed by atoms with van der Waals surface area (Å²) < 4.78 is 12.0. The van der Waals surface area contributed by atoms with Crippen molar-refractivity contribution in [2.75, 3.05) is 7.11 Å². The van der Waals surface area contributed by atoms with Crippen LogP contribution >= 0.6 is 11.6 Å². The van der Waals surface area contributed by atoms with Gasteiger partial charge in [-0.1, -0.05) is 18.2 Å². The summed E-state index contributed by atoms with van der Waals surface area (Å²) >= 11 is 5.81. The van der Waals surface area contributed by atoms with Crippen LogP contribution in [0.25, 0.3) is 23.2 Å². The number of ether oxygens (including phenoxy) is 1. The third-order valence-corrected chi connectivity index (χ3v) is 5.47. The number of furan rings is 1. The highest BCUT2D eigenvalue weighted by Crippen LogP contribution is 2.26. The molecule has 2 aromatic heterocycles. The van der Waals surface area contributed by atoms with Crippen molar-refractivity contribution in [2.24, 2.45) is 0 Å². The lowest BCUT2D eigenvalue weighted by molar-refractivity contribution is 0.104. The van der Waals surface area contributed by atoms with Gasteiger partial charge in [-0.2, -0.15) is 0 Å². The Kier molecular flexibility index (Phi) is 6.83. The molecule has 0 fully saturated rings. The molecular formula is C25H21ClN2O6. The molecule has 3 N–H and O–H groups in total. The number of aliphatic hydroxyl groups excluding tert-OH is 2. The van der Waals surface area contributed by atoms with E-state index in [2.05, 4.69) is 4.98 Å². The van der Waals surface area contributed by atoms with E-state index in [0.717, 1.165) is 0 Å². The number of hydrogen-bond acceptors (Lipinski definition) is 6. The van der Waals surface area contributed by atoms with Crippen molar-refractivity contribution in [2.45, 2.75) is 13.2 Å². The van der Waals surface area contributed by atoms with E-state index in [-0.39, 0.29) is 24.2 Å². The Morgan fingerprint density at radius 3 is 2.68 bits per heavy atom. The molecule has 0 aliphatic carbocycles. The van der Waals surface area contributed by atoms with Gasteiger partial charge in [0.1, 0.15) is 11.4 Å². The molecule has 0 spiro atoms. The Morgan fingerprint density at radius 2 is 2.00 bits per heavy atom. The van der Waals surface area contributed by atoms with Gasteiger partial charge in [-0.25, -0.2) is 4.79 Å². The molecule has 34 heavy (non-hydrogen) atoms. The van der Waals surface area contributed by atoms with Gasteiger partial charge in [0.25, 0.3) is 0 Å². The second-order valence-electron chi connectivity index (χ2n) is 7.37. The van der Waals surface area contributed by atoms with Gasteiger partial charge in [0.05, 0.1) is 26.0 Å². The van der Waals surface area contributed by atoms with Crippen LogP contribution in [0, 0.1) is 0 Å². The molecule has 0 radical (unpaired) electrons. The van der Waals surface area contributed by atoms with Crippen molar-refractivity contribution in [3.63, 3.8) is 0 Å². The molecule has 4 rings (SSSR count). The van der Waals surface area contributed by atoms with Crippen LogP contribution in [-0.4, -0.2) is 32.7 Å². The molecule has 0 amide bonds. The number of nitrogens with zero attached hydrogens (tertiary/aromatic N) is 1. The number of allylic oxidation sites excluding steroid dienone is 1. The Balaban J connectivity index is 1.60. The van der Waals surface area contributed by atoms with E-state index in [4.69, 9.17) is 20.8 Å². The maximum Gasteiger partial charge on any atom is 0.330 e. The normalized spacial score (nSPS) is 11.3. The van der Waals surface area contributed by atoms with Gasteiger partial charge in [-0.15, -0.1) is 0 Å². The topological polar surface area (TPSA) is 118 Å². The molecule has 0 atom stereocenters. The summed E-state index contributed by atoms with van der Waals surface area (Å²) in [5.74, 6) is 0.559. The highest BCUT2D eigenvalue weighted by molar-refractivity contribution is 6.29. The van der Waals surface area contributed by atoms with Gasteiger partial charge >= 0.3 is 5.69 Å². The highest BCUT2D eigenvalue weighted by Gasteiger charge is 2.13. The fraction of sp³-hybridized carbons (Fsp3) is 0.120. The summed E-state index contributed by atoms with van der Waals surface area (Å²) in [4.78, 5) is 28.0. The van der Waals surface area contributed by atoms with Crippen molar-refractivity contribution >= 4 is 23.5 Å². The lowest BCUT2D eigenvalue weighted by atomic mass is 10.0. The van der Waals surface area contributed by atoms with Crippen LogP contribution in [0.4, 0.5) is 0 Å². The molecule has 0 bridgehead atoms. The molecule has 2 heterocycles. The molecule has 0 saturated heterocycles. The molecule has 0 unspecified atom stereocenters. The van der Waals surface area contributed by atoms with Crippen LogP contribution in [0.15, 0.2) is 70.0 Å². The number of methoxy groups -OCH3 is 1. The predicted molar refractivity (Wildman–Crippen MR) is 127 cm³/mol. The first-order chi connectivity index (χ1) is 16.4. The van der Waals surface area contributed by atoms with Gasteiger partial charge in [-0.05, 0) is 65.2 Å². The molecular weight excluding hydrogens is 460 g/mol. The third kappa shape index (κ3) is 4.74. The van der Waals surface area contributed by atoms with Gasteiger partial charge in [0.2, 0.25) is 0 Å². The zero-order chi connectivity index (χ0) is 24.2. The number of rotatable bonds is 8.